The summed E-state index contributed by atoms with van der Waals surface area (Å²) in [6.45, 7) is 17.7. The van der Waals surface area contributed by atoms with Crippen molar-refractivity contribution in [1.29, 1.82) is 0 Å². The zero-order chi connectivity index (χ0) is 13.6. The first-order chi connectivity index (χ1) is 8.08. The molecule has 0 amide bonds. The molecule has 0 saturated heterocycles. The summed E-state index contributed by atoms with van der Waals surface area (Å²) in [6.07, 6.45) is 3.49. The molecule has 0 aliphatic heterocycles. The minimum atomic E-state index is 1.16. The van der Waals surface area contributed by atoms with Crippen molar-refractivity contribution in [2.45, 2.75) is 74.7 Å². The molecule has 0 fully saturated rings. The predicted octanol–water partition coefficient (Wildman–Crippen LogP) is 5.33. The van der Waals surface area contributed by atoms with Crippen LogP contribution in [0.2, 0.25) is 0 Å². The van der Waals surface area contributed by atoms with Gasteiger partial charge in [-0.05, 0) is 73.4 Å². The molecule has 0 unspecified atom stereocenters. The highest BCUT2D eigenvalue weighted by atomic mass is 14.2. The van der Waals surface area contributed by atoms with Crippen molar-refractivity contribution in [3.8, 4) is 0 Å². The van der Waals surface area contributed by atoms with Crippen LogP contribution in [-0.4, -0.2) is 0 Å². The number of hydrogen-bond donors (Lipinski definition) is 0. The van der Waals surface area contributed by atoms with E-state index in [2.05, 4.69) is 41.5 Å². The van der Waals surface area contributed by atoms with Crippen molar-refractivity contribution in [1.82, 2.24) is 0 Å². The van der Waals surface area contributed by atoms with Crippen LogP contribution in [0.15, 0.2) is 0 Å². The Hall–Kier alpha value is -0.780. The molecule has 0 bridgehead atoms. The fourth-order valence-electron chi connectivity index (χ4n) is 2.98. The molecular formula is C17H30. The highest BCUT2D eigenvalue weighted by Crippen LogP contribution is 2.28. The summed E-state index contributed by atoms with van der Waals surface area (Å²) in [4.78, 5) is 0. The van der Waals surface area contributed by atoms with Gasteiger partial charge < -0.3 is 0 Å². The van der Waals surface area contributed by atoms with Crippen molar-refractivity contribution in [2.24, 2.45) is 0 Å². The zero-order valence-corrected chi connectivity index (χ0v) is 13.1. The van der Waals surface area contributed by atoms with Crippen LogP contribution in [0.3, 0.4) is 0 Å². The first-order valence-corrected chi connectivity index (χ1v) is 7.18. The van der Waals surface area contributed by atoms with Gasteiger partial charge in [0.05, 0.1) is 0 Å². The lowest BCUT2D eigenvalue weighted by Crippen LogP contribution is -2.05. The van der Waals surface area contributed by atoms with Crippen molar-refractivity contribution >= 4 is 0 Å². The lowest BCUT2D eigenvalue weighted by atomic mass is 9.85. The van der Waals surface area contributed by atoms with E-state index in [1.54, 1.807) is 16.7 Å². The lowest BCUT2D eigenvalue weighted by Gasteiger charge is -2.20. The van der Waals surface area contributed by atoms with E-state index in [9.17, 15) is 0 Å². The minimum absolute atomic E-state index is 1.16. The summed E-state index contributed by atoms with van der Waals surface area (Å²) in [5, 5.41) is 0. The standard InChI is InChI=1S/C15H24.C2H6/c1-7-13-10(4)14(8-2)12(6)15(9-3)11(13)5;1-2/h7-9H2,1-6H3;1-2H3. The van der Waals surface area contributed by atoms with Crippen LogP contribution in [0, 0.1) is 20.8 Å². The Labute approximate surface area is 108 Å². The summed E-state index contributed by atoms with van der Waals surface area (Å²) in [5.41, 5.74) is 9.34. The molecule has 0 heteroatoms. The Balaban J connectivity index is 0.00000121. The molecule has 0 aliphatic rings. The van der Waals surface area contributed by atoms with Gasteiger partial charge in [0.1, 0.15) is 0 Å². The molecule has 0 aromatic heterocycles. The molecule has 0 atom stereocenters. The van der Waals surface area contributed by atoms with E-state index < -0.39 is 0 Å². The highest BCUT2D eigenvalue weighted by Gasteiger charge is 2.13. The van der Waals surface area contributed by atoms with E-state index >= 15 is 0 Å². The zero-order valence-electron chi connectivity index (χ0n) is 13.1. The Kier molecular flexibility index (Phi) is 7.18. The summed E-state index contributed by atoms with van der Waals surface area (Å²) >= 11 is 0. The van der Waals surface area contributed by atoms with Crippen LogP contribution in [0.4, 0.5) is 0 Å². The molecule has 1 aromatic rings. The second-order valence-corrected chi connectivity index (χ2v) is 4.37. The molecule has 0 spiro atoms. The van der Waals surface area contributed by atoms with E-state index in [-0.39, 0.29) is 0 Å². The third-order valence-corrected chi connectivity index (χ3v) is 3.78. The Morgan fingerprint density at radius 1 is 0.529 bits per heavy atom. The van der Waals surface area contributed by atoms with Crippen molar-refractivity contribution in [2.75, 3.05) is 0 Å². The second kappa shape index (κ2) is 7.53. The largest absolute Gasteiger partial charge is 0.0683 e. The monoisotopic (exact) mass is 234 g/mol. The van der Waals surface area contributed by atoms with Gasteiger partial charge >= 0.3 is 0 Å². The molecule has 1 aromatic carbocycles. The van der Waals surface area contributed by atoms with E-state index in [0.717, 1.165) is 19.3 Å². The summed E-state index contributed by atoms with van der Waals surface area (Å²) < 4.78 is 0. The quantitative estimate of drug-likeness (QED) is 0.663. The molecule has 17 heavy (non-hydrogen) atoms. The van der Waals surface area contributed by atoms with E-state index in [1.807, 2.05) is 13.8 Å². The summed E-state index contributed by atoms with van der Waals surface area (Å²) in [5.74, 6) is 0. The highest BCUT2D eigenvalue weighted by molar-refractivity contribution is 5.50. The third kappa shape index (κ3) is 3.12. The van der Waals surface area contributed by atoms with Gasteiger partial charge in [-0.3, -0.25) is 0 Å². The van der Waals surface area contributed by atoms with Gasteiger partial charge in [0.25, 0.3) is 0 Å². The number of benzene rings is 1. The van der Waals surface area contributed by atoms with Crippen molar-refractivity contribution in [3.05, 3.63) is 33.4 Å². The Bertz CT molecular complexity index is 281. The van der Waals surface area contributed by atoms with Gasteiger partial charge in [-0.1, -0.05) is 34.6 Å². The molecule has 0 heterocycles. The molecule has 0 aliphatic carbocycles. The fourth-order valence-corrected chi connectivity index (χ4v) is 2.98. The summed E-state index contributed by atoms with van der Waals surface area (Å²) in [7, 11) is 0. The average molecular weight is 234 g/mol. The van der Waals surface area contributed by atoms with Gasteiger partial charge in [-0.15, -0.1) is 0 Å². The third-order valence-electron chi connectivity index (χ3n) is 3.78. The van der Waals surface area contributed by atoms with Gasteiger partial charge in [0.15, 0.2) is 0 Å². The van der Waals surface area contributed by atoms with Crippen LogP contribution in [0.25, 0.3) is 0 Å². The van der Waals surface area contributed by atoms with Gasteiger partial charge in [-0.2, -0.15) is 0 Å². The lowest BCUT2D eigenvalue weighted by molar-refractivity contribution is 0.960. The maximum absolute atomic E-state index is 2.29. The SMILES string of the molecule is CC.CCc1c(C)c(CC)c(C)c(CC)c1C. The molecular weight excluding hydrogens is 204 g/mol. The topological polar surface area (TPSA) is 0 Å². The van der Waals surface area contributed by atoms with Gasteiger partial charge in [0.2, 0.25) is 0 Å². The van der Waals surface area contributed by atoms with E-state index in [0.29, 0.717) is 0 Å². The molecule has 0 nitrogen and oxygen atoms in total. The average Bonchev–Trinajstić information content (AvgIpc) is 2.33. The number of hydrogen-bond acceptors (Lipinski definition) is 0. The van der Waals surface area contributed by atoms with Crippen LogP contribution < -0.4 is 0 Å². The second-order valence-electron chi connectivity index (χ2n) is 4.37. The molecule has 0 saturated carbocycles. The van der Waals surface area contributed by atoms with Crippen LogP contribution >= 0.6 is 0 Å². The van der Waals surface area contributed by atoms with Gasteiger partial charge in [-0.25, -0.2) is 0 Å². The normalized spacial score (nSPS) is 9.88. The van der Waals surface area contributed by atoms with Gasteiger partial charge in [0, 0.05) is 0 Å². The molecule has 1 rings (SSSR count). The van der Waals surface area contributed by atoms with Crippen molar-refractivity contribution < 1.29 is 0 Å². The van der Waals surface area contributed by atoms with Crippen LogP contribution in [0.1, 0.15) is 68.0 Å². The fraction of sp³-hybridized carbons (Fsp3) is 0.647. The van der Waals surface area contributed by atoms with Crippen LogP contribution in [0.5, 0.6) is 0 Å². The summed E-state index contributed by atoms with van der Waals surface area (Å²) in [6, 6.07) is 0. The first kappa shape index (κ1) is 16.2. The minimum Gasteiger partial charge on any atom is -0.0683 e. The smallest absolute Gasteiger partial charge is 0.0302 e. The predicted molar refractivity (Wildman–Crippen MR) is 80.1 cm³/mol. The van der Waals surface area contributed by atoms with Crippen molar-refractivity contribution in [3.63, 3.8) is 0 Å². The molecule has 98 valence electrons. The van der Waals surface area contributed by atoms with E-state index in [4.69, 9.17) is 0 Å². The molecule has 0 radical (unpaired) electrons. The Morgan fingerprint density at radius 2 is 0.706 bits per heavy atom. The molecule has 0 N–H and O–H groups in total. The van der Waals surface area contributed by atoms with E-state index in [1.165, 1.54) is 16.7 Å². The number of rotatable bonds is 3. The maximum Gasteiger partial charge on any atom is -0.0302 e. The Morgan fingerprint density at radius 3 is 0.824 bits per heavy atom. The maximum atomic E-state index is 2.29. The van der Waals surface area contributed by atoms with Crippen LogP contribution in [-0.2, 0) is 19.3 Å². The first-order valence-electron chi connectivity index (χ1n) is 7.18.